The fraction of sp³-hybridized carbons (Fsp3) is 0.370. The molecular formula is C27H29BrF3N7. The number of anilines is 3. The zero-order valence-corrected chi connectivity index (χ0v) is 23.3. The molecule has 2 aromatic carbocycles. The Morgan fingerprint density at radius 3 is 2.39 bits per heavy atom. The number of likely N-dealkylation sites (N-methyl/N-ethyl adjacent to an activating group) is 1. The SMILES string of the molecule is CCN1CCN(c2cc(Nc3ncc(F)c(-c4cc(F)c5nc(C)n(C(C)C)c5c4)n3)cc(F)c2Br)CC1. The third-order valence-corrected chi connectivity index (χ3v) is 7.67. The lowest BCUT2D eigenvalue weighted by Crippen LogP contribution is -2.46. The van der Waals surface area contributed by atoms with Crippen LogP contribution in [-0.2, 0) is 0 Å². The van der Waals surface area contributed by atoms with Crippen molar-refractivity contribution in [3.63, 3.8) is 0 Å². The van der Waals surface area contributed by atoms with E-state index in [0.717, 1.165) is 44.6 Å². The molecule has 1 N–H and O–H groups in total. The molecule has 1 fully saturated rings. The summed E-state index contributed by atoms with van der Waals surface area (Å²) in [5.41, 5.74) is 2.12. The van der Waals surface area contributed by atoms with Crippen LogP contribution in [0.3, 0.4) is 0 Å². The molecule has 200 valence electrons. The molecule has 11 heteroatoms. The largest absolute Gasteiger partial charge is 0.368 e. The van der Waals surface area contributed by atoms with Gasteiger partial charge in [0.25, 0.3) is 0 Å². The van der Waals surface area contributed by atoms with Gasteiger partial charge >= 0.3 is 0 Å². The van der Waals surface area contributed by atoms with E-state index in [0.29, 0.717) is 21.5 Å². The van der Waals surface area contributed by atoms with Crippen molar-refractivity contribution in [1.29, 1.82) is 0 Å². The van der Waals surface area contributed by atoms with Gasteiger partial charge in [-0.15, -0.1) is 0 Å². The second kappa shape index (κ2) is 10.5. The highest BCUT2D eigenvalue weighted by Gasteiger charge is 2.22. The molecule has 5 rings (SSSR count). The summed E-state index contributed by atoms with van der Waals surface area (Å²) >= 11 is 3.38. The maximum Gasteiger partial charge on any atom is 0.227 e. The number of piperazine rings is 1. The first-order chi connectivity index (χ1) is 18.2. The summed E-state index contributed by atoms with van der Waals surface area (Å²) < 4.78 is 47.1. The first-order valence-electron chi connectivity index (χ1n) is 12.6. The summed E-state index contributed by atoms with van der Waals surface area (Å²) in [6.45, 7) is 12.2. The van der Waals surface area contributed by atoms with Crippen molar-refractivity contribution in [2.45, 2.75) is 33.7 Å². The third kappa shape index (κ3) is 4.96. The Hall–Kier alpha value is -3.18. The van der Waals surface area contributed by atoms with Crippen LogP contribution >= 0.6 is 15.9 Å². The lowest BCUT2D eigenvalue weighted by Gasteiger charge is -2.36. The number of aromatic nitrogens is 4. The average Bonchev–Trinajstić information content (AvgIpc) is 3.24. The van der Waals surface area contributed by atoms with E-state index in [4.69, 9.17) is 0 Å². The number of benzene rings is 2. The number of rotatable bonds is 6. The van der Waals surface area contributed by atoms with E-state index < -0.39 is 17.5 Å². The quantitative estimate of drug-likeness (QED) is 0.280. The lowest BCUT2D eigenvalue weighted by molar-refractivity contribution is 0.271. The maximum absolute atomic E-state index is 15.0. The van der Waals surface area contributed by atoms with Gasteiger partial charge in [0.2, 0.25) is 5.95 Å². The highest BCUT2D eigenvalue weighted by atomic mass is 79.9. The molecule has 1 aliphatic rings. The third-order valence-electron chi connectivity index (χ3n) is 6.88. The van der Waals surface area contributed by atoms with Crippen LogP contribution < -0.4 is 10.2 Å². The van der Waals surface area contributed by atoms with Crippen LogP contribution in [0.15, 0.2) is 34.9 Å². The highest BCUT2D eigenvalue weighted by Crippen LogP contribution is 2.35. The molecule has 0 atom stereocenters. The molecule has 38 heavy (non-hydrogen) atoms. The zero-order chi connectivity index (χ0) is 27.1. The van der Waals surface area contributed by atoms with Crippen LogP contribution in [0.25, 0.3) is 22.3 Å². The molecule has 1 aliphatic heterocycles. The Balaban J connectivity index is 1.49. The van der Waals surface area contributed by atoms with Gasteiger partial charge in [-0.3, -0.25) is 0 Å². The molecule has 0 saturated carbocycles. The van der Waals surface area contributed by atoms with Crippen molar-refractivity contribution >= 4 is 44.3 Å². The van der Waals surface area contributed by atoms with E-state index in [-0.39, 0.29) is 28.8 Å². The molecule has 0 amide bonds. The van der Waals surface area contributed by atoms with Crippen LogP contribution in [0.2, 0.25) is 0 Å². The van der Waals surface area contributed by atoms with E-state index in [9.17, 15) is 8.78 Å². The van der Waals surface area contributed by atoms with Gasteiger partial charge in [0.15, 0.2) is 11.6 Å². The van der Waals surface area contributed by atoms with Gasteiger partial charge in [0.1, 0.15) is 22.9 Å². The van der Waals surface area contributed by atoms with E-state index in [1.807, 2.05) is 31.4 Å². The van der Waals surface area contributed by atoms with Crippen molar-refractivity contribution < 1.29 is 13.2 Å². The fourth-order valence-corrected chi connectivity index (χ4v) is 5.48. The number of nitrogens with one attached hydrogen (secondary N) is 1. The van der Waals surface area contributed by atoms with Gasteiger partial charge in [-0.25, -0.2) is 28.1 Å². The van der Waals surface area contributed by atoms with E-state index in [1.165, 1.54) is 12.1 Å². The molecule has 4 aromatic rings. The predicted molar refractivity (Wildman–Crippen MR) is 148 cm³/mol. The van der Waals surface area contributed by atoms with Crippen molar-refractivity contribution in [3.05, 3.63) is 58.2 Å². The Morgan fingerprint density at radius 2 is 1.71 bits per heavy atom. The van der Waals surface area contributed by atoms with Crippen molar-refractivity contribution in [2.24, 2.45) is 0 Å². The molecule has 0 bridgehead atoms. The van der Waals surface area contributed by atoms with Crippen molar-refractivity contribution in [1.82, 2.24) is 24.4 Å². The predicted octanol–water partition coefficient (Wildman–Crippen LogP) is 6.45. The Labute approximate surface area is 227 Å². The van der Waals surface area contributed by atoms with E-state index >= 15 is 4.39 Å². The van der Waals surface area contributed by atoms with Crippen LogP contribution in [0.5, 0.6) is 0 Å². The molecular weight excluding hydrogens is 559 g/mol. The van der Waals surface area contributed by atoms with Crippen LogP contribution in [-0.4, -0.2) is 57.1 Å². The summed E-state index contributed by atoms with van der Waals surface area (Å²) in [6, 6.07) is 6.09. The molecule has 0 aliphatic carbocycles. The average molecular weight is 588 g/mol. The number of aryl methyl sites for hydroxylation is 1. The number of fused-ring (bicyclic) bond motifs is 1. The van der Waals surface area contributed by atoms with Gasteiger partial charge in [0.05, 0.1) is 21.9 Å². The van der Waals surface area contributed by atoms with Gasteiger partial charge in [0, 0.05) is 43.5 Å². The number of nitrogens with zero attached hydrogens (tertiary/aromatic N) is 6. The summed E-state index contributed by atoms with van der Waals surface area (Å²) in [7, 11) is 0. The summed E-state index contributed by atoms with van der Waals surface area (Å²) in [5, 5.41) is 3.00. The minimum atomic E-state index is -0.696. The Kier molecular flexibility index (Phi) is 7.32. The Bertz CT molecular complexity index is 1500. The molecule has 0 radical (unpaired) electrons. The molecule has 0 unspecified atom stereocenters. The van der Waals surface area contributed by atoms with Crippen molar-refractivity contribution in [3.8, 4) is 11.3 Å². The summed E-state index contributed by atoms with van der Waals surface area (Å²) in [5.74, 6) is -0.955. The molecule has 7 nitrogen and oxygen atoms in total. The fourth-order valence-electron chi connectivity index (χ4n) is 5.00. The number of hydrogen-bond donors (Lipinski definition) is 1. The van der Waals surface area contributed by atoms with E-state index in [2.05, 4.69) is 52.9 Å². The Morgan fingerprint density at radius 1 is 0.974 bits per heavy atom. The topological polar surface area (TPSA) is 62.1 Å². The van der Waals surface area contributed by atoms with E-state index in [1.54, 1.807) is 6.07 Å². The normalized spacial score (nSPS) is 14.6. The zero-order valence-electron chi connectivity index (χ0n) is 21.7. The van der Waals surface area contributed by atoms with Crippen molar-refractivity contribution in [2.75, 3.05) is 42.9 Å². The number of hydrogen-bond acceptors (Lipinski definition) is 6. The van der Waals surface area contributed by atoms with Gasteiger partial charge in [-0.05, 0) is 67.5 Å². The summed E-state index contributed by atoms with van der Waals surface area (Å²) in [4.78, 5) is 17.2. The number of imidazole rings is 1. The molecule has 0 spiro atoms. The van der Waals surface area contributed by atoms with Gasteiger partial charge in [-0.1, -0.05) is 6.92 Å². The minimum Gasteiger partial charge on any atom is -0.368 e. The second-order valence-electron chi connectivity index (χ2n) is 9.68. The summed E-state index contributed by atoms with van der Waals surface area (Å²) in [6.07, 6.45) is 1.03. The highest BCUT2D eigenvalue weighted by molar-refractivity contribution is 9.10. The monoisotopic (exact) mass is 587 g/mol. The van der Waals surface area contributed by atoms with Crippen LogP contribution in [0.4, 0.5) is 30.5 Å². The first-order valence-corrected chi connectivity index (χ1v) is 13.4. The van der Waals surface area contributed by atoms with Crippen LogP contribution in [0.1, 0.15) is 32.6 Å². The standard InChI is InChI=1S/C27H29BrF3N7/c1-5-36-6-8-37(9-7-36)22-13-18(12-19(29)24(22)28)34-27-32-14-21(31)25(35-27)17-10-20(30)26-23(11-17)38(15(2)3)16(4)33-26/h10-15H,5-9H2,1-4H3,(H,32,34,35). The lowest BCUT2D eigenvalue weighted by atomic mass is 10.1. The molecule has 1 saturated heterocycles. The smallest absolute Gasteiger partial charge is 0.227 e. The van der Waals surface area contributed by atoms with Crippen LogP contribution in [0, 0.1) is 24.4 Å². The van der Waals surface area contributed by atoms with Gasteiger partial charge < -0.3 is 19.7 Å². The maximum atomic E-state index is 15.0. The molecule has 2 aromatic heterocycles. The molecule has 3 heterocycles. The second-order valence-corrected chi connectivity index (χ2v) is 10.5. The first kappa shape index (κ1) is 26.4. The van der Waals surface area contributed by atoms with Gasteiger partial charge in [-0.2, -0.15) is 0 Å². The number of halogens is 4. The minimum absolute atomic E-state index is 0.0357.